The molecule has 1 unspecified atom stereocenters. The van der Waals surface area contributed by atoms with Gasteiger partial charge in [0, 0.05) is 0 Å². The number of carbonyl (C=O) groups is 1. The quantitative estimate of drug-likeness (QED) is 0.592. The number of halogens is 1. The number of carbonyl (C=O) groups excluding carboxylic acids is 1. The van der Waals surface area contributed by atoms with Gasteiger partial charge in [-0.1, -0.05) is 35.9 Å². The first kappa shape index (κ1) is 16.4. The van der Waals surface area contributed by atoms with Gasteiger partial charge in [-0.25, -0.2) is 9.67 Å². The molecule has 130 valence electrons. The molecule has 1 atom stereocenters. The highest BCUT2D eigenvalue weighted by Gasteiger charge is 2.18. The average molecular weight is 366 g/mol. The van der Waals surface area contributed by atoms with E-state index in [1.165, 1.54) is 0 Å². The summed E-state index contributed by atoms with van der Waals surface area (Å²) >= 11 is 6.19. The summed E-state index contributed by atoms with van der Waals surface area (Å²) < 4.78 is 3.48. The first-order chi connectivity index (χ1) is 12.6. The Kier molecular flexibility index (Phi) is 4.18. The monoisotopic (exact) mass is 365 g/mol. The van der Waals surface area contributed by atoms with Crippen LogP contribution in [0.25, 0.3) is 16.7 Å². The van der Waals surface area contributed by atoms with Crippen LogP contribution in [0.1, 0.15) is 13.0 Å². The van der Waals surface area contributed by atoms with E-state index in [-0.39, 0.29) is 5.91 Å². The molecule has 0 fully saturated rings. The predicted molar refractivity (Wildman–Crippen MR) is 102 cm³/mol. The fourth-order valence-corrected chi connectivity index (χ4v) is 3.04. The lowest BCUT2D eigenvalue weighted by Gasteiger charge is -2.13. The van der Waals surface area contributed by atoms with E-state index in [1.54, 1.807) is 29.5 Å². The number of hydrogen-bond donors (Lipinski definition) is 1. The lowest BCUT2D eigenvalue weighted by atomic mass is 10.2. The fourth-order valence-electron chi connectivity index (χ4n) is 2.82. The first-order valence-electron chi connectivity index (χ1n) is 8.15. The summed E-state index contributed by atoms with van der Waals surface area (Å²) in [4.78, 5) is 17.0. The number of aromatic nitrogens is 4. The van der Waals surface area contributed by atoms with Crippen molar-refractivity contribution >= 4 is 34.2 Å². The molecule has 0 radical (unpaired) electrons. The van der Waals surface area contributed by atoms with Crippen molar-refractivity contribution in [2.75, 3.05) is 5.32 Å². The summed E-state index contributed by atoms with van der Waals surface area (Å²) in [6, 6.07) is 14.7. The molecule has 2 aromatic heterocycles. The van der Waals surface area contributed by atoms with Crippen molar-refractivity contribution < 1.29 is 4.79 Å². The molecule has 1 N–H and O–H groups in total. The van der Waals surface area contributed by atoms with Gasteiger partial charge >= 0.3 is 0 Å². The molecule has 4 aromatic rings. The van der Waals surface area contributed by atoms with E-state index in [2.05, 4.69) is 15.4 Å². The lowest BCUT2D eigenvalue weighted by molar-refractivity contribution is -0.118. The van der Waals surface area contributed by atoms with Gasteiger partial charge in [-0.05, 0) is 31.2 Å². The molecule has 2 aromatic carbocycles. The molecule has 26 heavy (non-hydrogen) atoms. The minimum atomic E-state index is -0.411. The van der Waals surface area contributed by atoms with Crippen LogP contribution in [0.15, 0.2) is 67.3 Å². The Morgan fingerprint density at radius 3 is 2.77 bits per heavy atom. The van der Waals surface area contributed by atoms with Crippen molar-refractivity contribution in [2.24, 2.45) is 0 Å². The van der Waals surface area contributed by atoms with Crippen LogP contribution in [0.5, 0.6) is 0 Å². The zero-order valence-corrected chi connectivity index (χ0v) is 14.8. The van der Waals surface area contributed by atoms with Gasteiger partial charge in [0.1, 0.15) is 6.04 Å². The first-order valence-corrected chi connectivity index (χ1v) is 8.53. The Hall–Kier alpha value is -3.12. The molecule has 7 heteroatoms. The highest BCUT2D eigenvalue weighted by atomic mass is 35.5. The third-order valence-electron chi connectivity index (χ3n) is 4.23. The molecule has 0 spiro atoms. The molecule has 0 saturated heterocycles. The highest BCUT2D eigenvalue weighted by Crippen LogP contribution is 2.22. The number of amides is 1. The average Bonchev–Trinajstić information content (AvgIpc) is 3.28. The Labute approximate surface area is 155 Å². The number of benzene rings is 2. The van der Waals surface area contributed by atoms with E-state index >= 15 is 0 Å². The van der Waals surface area contributed by atoms with Crippen LogP contribution in [0, 0.1) is 0 Å². The third kappa shape index (κ3) is 2.95. The number of imidazole rings is 1. The molecule has 4 rings (SSSR count). The third-order valence-corrected chi connectivity index (χ3v) is 4.55. The molecule has 1 amide bonds. The van der Waals surface area contributed by atoms with Crippen LogP contribution in [0.4, 0.5) is 5.69 Å². The number of rotatable bonds is 4. The van der Waals surface area contributed by atoms with E-state index in [4.69, 9.17) is 11.6 Å². The molecule has 0 aliphatic carbocycles. The van der Waals surface area contributed by atoms with Crippen molar-refractivity contribution in [3.8, 4) is 5.69 Å². The van der Waals surface area contributed by atoms with Crippen molar-refractivity contribution in [3.05, 3.63) is 72.3 Å². The van der Waals surface area contributed by atoms with Gasteiger partial charge in [0.2, 0.25) is 5.91 Å². The van der Waals surface area contributed by atoms with Gasteiger partial charge in [0.25, 0.3) is 0 Å². The van der Waals surface area contributed by atoms with Crippen LogP contribution in [0.3, 0.4) is 0 Å². The number of hydrogen-bond acceptors (Lipinski definition) is 3. The zero-order valence-electron chi connectivity index (χ0n) is 14.0. The number of nitrogens with zero attached hydrogens (tertiary/aromatic N) is 4. The Balaban J connectivity index is 1.54. The van der Waals surface area contributed by atoms with E-state index in [0.717, 1.165) is 16.7 Å². The minimum Gasteiger partial charge on any atom is -0.322 e. The van der Waals surface area contributed by atoms with Crippen LogP contribution in [0.2, 0.25) is 5.02 Å². The Bertz CT molecular complexity index is 1080. The van der Waals surface area contributed by atoms with Crippen molar-refractivity contribution in [1.29, 1.82) is 0 Å². The predicted octanol–water partition coefficient (Wildman–Crippen LogP) is 4.08. The van der Waals surface area contributed by atoms with Crippen LogP contribution < -0.4 is 5.32 Å². The van der Waals surface area contributed by atoms with Gasteiger partial charge in [-0.2, -0.15) is 5.10 Å². The summed E-state index contributed by atoms with van der Waals surface area (Å²) in [7, 11) is 0. The van der Waals surface area contributed by atoms with Crippen LogP contribution in [-0.2, 0) is 4.79 Å². The van der Waals surface area contributed by atoms with Crippen molar-refractivity contribution in [1.82, 2.24) is 19.3 Å². The Morgan fingerprint density at radius 2 is 1.92 bits per heavy atom. The van der Waals surface area contributed by atoms with E-state index in [1.807, 2.05) is 54.0 Å². The molecular weight excluding hydrogens is 350 g/mol. The summed E-state index contributed by atoms with van der Waals surface area (Å²) in [5, 5.41) is 7.75. The van der Waals surface area contributed by atoms with Gasteiger partial charge in [-0.15, -0.1) is 0 Å². The second kappa shape index (κ2) is 6.65. The summed E-state index contributed by atoms with van der Waals surface area (Å²) in [5.74, 6) is -0.146. The summed E-state index contributed by atoms with van der Waals surface area (Å²) in [6.45, 7) is 1.84. The standard InChI is InChI=1S/C19H16ClN5O/c1-13(24-12-21-16-7-3-5-9-18(16)24)19(26)23-14-10-22-25(11-14)17-8-4-2-6-15(17)20/h2-13H,1H3,(H,23,26). The van der Waals surface area contributed by atoms with Crippen LogP contribution >= 0.6 is 11.6 Å². The summed E-state index contributed by atoms with van der Waals surface area (Å²) in [5.41, 5.74) is 3.13. The zero-order chi connectivity index (χ0) is 18.1. The fraction of sp³-hybridized carbons (Fsp3) is 0.105. The molecule has 6 nitrogen and oxygen atoms in total. The van der Waals surface area contributed by atoms with E-state index in [0.29, 0.717) is 10.7 Å². The highest BCUT2D eigenvalue weighted by molar-refractivity contribution is 6.32. The molecule has 0 bridgehead atoms. The van der Waals surface area contributed by atoms with E-state index < -0.39 is 6.04 Å². The topological polar surface area (TPSA) is 64.7 Å². The van der Waals surface area contributed by atoms with Crippen molar-refractivity contribution in [3.63, 3.8) is 0 Å². The van der Waals surface area contributed by atoms with Gasteiger partial charge in [0.15, 0.2) is 0 Å². The Morgan fingerprint density at radius 1 is 1.15 bits per heavy atom. The maximum atomic E-state index is 12.6. The second-order valence-electron chi connectivity index (χ2n) is 5.93. The van der Waals surface area contributed by atoms with E-state index in [9.17, 15) is 4.79 Å². The van der Waals surface area contributed by atoms with Crippen molar-refractivity contribution in [2.45, 2.75) is 13.0 Å². The van der Waals surface area contributed by atoms with Gasteiger partial charge in [-0.3, -0.25) is 4.79 Å². The molecule has 0 aliphatic heterocycles. The molecular formula is C19H16ClN5O. The number of anilines is 1. The molecule has 0 saturated carbocycles. The molecule has 0 aliphatic rings. The lowest BCUT2D eigenvalue weighted by Crippen LogP contribution is -2.23. The SMILES string of the molecule is CC(C(=O)Nc1cnn(-c2ccccc2Cl)c1)n1cnc2ccccc21. The van der Waals surface area contributed by atoms with Crippen LogP contribution in [-0.4, -0.2) is 25.2 Å². The number of fused-ring (bicyclic) bond motifs is 1. The number of nitrogens with one attached hydrogen (secondary N) is 1. The maximum absolute atomic E-state index is 12.6. The normalized spacial score (nSPS) is 12.2. The second-order valence-corrected chi connectivity index (χ2v) is 6.34. The van der Waals surface area contributed by atoms with Gasteiger partial charge < -0.3 is 9.88 Å². The number of para-hydroxylation sites is 3. The minimum absolute atomic E-state index is 0.146. The summed E-state index contributed by atoms with van der Waals surface area (Å²) in [6.07, 6.45) is 5.01. The smallest absolute Gasteiger partial charge is 0.247 e. The molecule has 2 heterocycles. The maximum Gasteiger partial charge on any atom is 0.247 e. The van der Waals surface area contributed by atoms with Gasteiger partial charge in [0.05, 0.1) is 46.2 Å². The largest absolute Gasteiger partial charge is 0.322 e.